The minimum atomic E-state index is -1.02. The van der Waals surface area contributed by atoms with E-state index in [1.807, 2.05) is 0 Å². The van der Waals surface area contributed by atoms with E-state index in [-0.39, 0.29) is 17.9 Å². The Bertz CT molecular complexity index is 465. The van der Waals surface area contributed by atoms with Gasteiger partial charge in [0.25, 0.3) is 0 Å². The van der Waals surface area contributed by atoms with E-state index in [9.17, 15) is 9.59 Å². The Morgan fingerprint density at radius 2 is 2.13 bits per heavy atom. The molecule has 15 heavy (non-hydrogen) atoms. The molecule has 0 radical (unpaired) electrons. The summed E-state index contributed by atoms with van der Waals surface area (Å²) in [6.45, 7) is 0. The molecule has 0 saturated heterocycles. The highest BCUT2D eigenvalue weighted by atomic mass is 16.4. The topological polar surface area (TPSA) is 78.8 Å². The molecule has 2 rings (SSSR count). The molecule has 0 aromatic heterocycles. The van der Waals surface area contributed by atoms with E-state index in [1.54, 1.807) is 18.2 Å². The van der Waals surface area contributed by atoms with Crippen LogP contribution in [0.2, 0.25) is 0 Å². The lowest BCUT2D eigenvalue weighted by molar-refractivity contribution is -0.119. The predicted octanol–water partition coefficient (Wildman–Crippen LogP) is 0.609. The maximum absolute atomic E-state index is 10.9. The average Bonchev–Trinajstić information content (AvgIpc) is 2.65. The van der Waals surface area contributed by atoms with Crippen molar-refractivity contribution in [3.8, 4) is 0 Å². The molecule has 0 bridgehead atoms. The minimum absolute atomic E-state index is 0.129. The largest absolute Gasteiger partial charge is 0.478 e. The molecular formula is C10H8N2O3. The molecule has 2 N–H and O–H groups in total. The van der Waals surface area contributed by atoms with Crippen LogP contribution in [0.5, 0.6) is 0 Å². The number of nitrogens with zero attached hydrogens (tertiary/aromatic N) is 1. The van der Waals surface area contributed by atoms with Crippen LogP contribution < -0.4 is 5.43 Å². The van der Waals surface area contributed by atoms with Gasteiger partial charge in [0, 0.05) is 5.56 Å². The molecule has 1 aliphatic heterocycles. The van der Waals surface area contributed by atoms with Crippen molar-refractivity contribution in [2.24, 2.45) is 5.10 Å². The zero-order chi connectivity index (χ0) is 10.8. The first kappa shape index (κ1) is 9.39. The fourth-order valence-electron chi connectivity index (χ4n) is 1.44. The molecule has 5 nitrogen and oxygen atoms in total. The van der Waals surface area contributed by atoms with Gasteiger partial charge in [-0.15, -0.1) is 0 Å². The number of carboxylic acids is 1. The lowest BCUT2D eigenvalue weighted by Gasteiger charge is -2.02. The van der Waals surface area contributed by atoms with E-state index in [2.05, 4.69) is 10.5 Å². The monoisotopic (exact) mass is 204 g/mol. The molecule has 0 unspecified atom stereocenters. The summed E-state index contributed by atoms with van der Waals surface area (Å²) in [4.78, 5) is 21.8. The van der Waals surface area contributed by atoms with Crippen molar-refractivity contribution >= 4 is 17.6 Å². The average molecular weight is 204 g/mol. The van der Waals surface area contributed by atoms with Crippen molar-refractivity contribution in [3.05, 3.63) is 35.4 Å². The van der Waals surface area contributed by atoms with Crippen LogP contribution in [0, 0.1) is 0 Å². The maximum Gasteiger partial charge on any atom is 0.336 e. The molecule has 1 amide bonds. The number of carbonyl (C=O) groups is 2. The van der Waals surface area contributed by atoms with Crippen LogP contribution in [0.25, 0.3) is 0 Å². The Hall–Kier alpha value is -2.17. The number of aromatic carboxylic acids is 1. The van der Waals surface area contributed by atoms with Crippen molar-refractivity contribution in [1.82, 2.24) is 5.43 Å². The van der Waals surface area contributed by atoms with Crippen LogP contribution in [0.4, 0.5) is 0 Å². The van der Waals surface area contributed by atoms with Crippen LogP contribution in [0.15, 0.2) is 29.4 Å². The lowest BCUT2D eigenvalue weighted by atomic mass is 10.0. The number of carbonyl (C=O) groups excluding carboxylic acids is 1. The van der Waals surface area contributed by atoms with E-state index in [0.29, 0.717) is 11.3 Å². The van der Waals surface area contributed by atoms with Crippen molar-refractivity contribution < 1.29 is 14.7 Å². The van der Waals surface area contributed by atoms with E-state index in [1.165, 1.54) is 6.07 Å². The molecule has 0 atom stereocenters. The fourth-order valence-corrected chi connectivity index (χ4v) is 1.44. The first-order chi connectivity index (χ1) is 7.18. The molecule has 0 aliphatic carbocycles. The standard InChI is InChI=1S/C10H8N2O3/c13-9-5-8(11-12-9)6-3-1-2-4-7(6)10(14)15/h1-4H,5H2,(H,12,13)(H,14,15). The highest BCUT2D eigenvalue weighted by Gasteiger charge is 2.20. The summed E-state index contributed by atoms with van der Waals surface area (Å²) in [6.07, 6.45) is 0.129. The third-order valence-corrected chi connectivity index (χ3v) is 2.11. The highest BCUT2D eigenvalue weighted by molar-refractivity contribution is 6.17. The van der Waals surface area contributed by atoms with Gasteiger partial charge in [-0.25, -0.2) is 10.2 Å². The van der Waals surface area contributed by atoms with Gasteiger partial charge >= 0.3 is 5.97 Å². The van der Waals surface area contributed by atoms with E-state index < -0.39 is 5.97 Å². The lowest BCUT2D eigenvalue weighted by Crippen LogP contribution is -2.10. The number of benzene rings is 1. The Kier molecular flexibility index (Phi) is 2.21. The van der Waals surface area contributed by atoms with Crippen LogP contribution in [0.1, 0.15) is 22.3 Å². The van der Waals surface area contributed by atoms with Crippen LogP contribution in [-0.4, -0.2) is 22.7 Å². The van der Waals surface area contributed by atoms with Gasteiger partial charge in [0.1, 0.15) is 0 Å². The summed E-state index contributed by atoms with van der Waals surface area (Å²) in [5.74, 6) is -1.24. The normalized spacial score (nSPS) is 14.7. The molecule has 1 heterocycles. The van der Waals surface area contributed by atoms with Gasteiger partial charge in [0.05, 0.1) is 17.7 Å². The molecule has 0 fully saturated rings. The zero-order valence-electron chi connectivity index (χ0n) is 7.73. The molecular weight excluding hydrogens is 196 g/mol. The number of nitrogens with one attached hydrogen (secondary N) is 1. The summed E-state index contributed by atoms with van der Waals surface area (Å²) in [5, 5.41) is 12.7. The molecule has 1 aromatic carbocycles. The van der Waals surface area contributed by atoms with Crippen LogP contribution >= 0.6 is 0 Å². The van der Waals surface area contributed by atoms with E-state index >= 15 is 0 Å². The second-order valence-electron chi connectivity index (χ2n) is 3.12. The van der Waals surface area contributed by atoms with Crippen molar-refractivity contribution in [1.29, 1.82) is 0 Å². The third-order valence-electron chi connectivity index (χ3n) is 2.11. The van der Waals surface area contributed by atoms with Crippen molar-refractivity contribution in [3.63, 3.8) is 0 Å². The Morgan fingerprint density at radius 3 is 2.73 bits per heavy atom. The summed E-state index contributed by atoms with van der Waals surface area (Å²) in [6, 6.07) is 6.48. The number of hydrogen-bond donors (Lipinski definition) is 2. The van der Waals surface area contributed by atoms with Gasteiger partial charge < -0.3 is 5.11 Å². The number of rotatable bonds is 2. The number of hydrogen-bond acceptors (Lipinski definition) is 3. The van der Waals surface area contributed by atoms with Gasteiger partial charge in [0.15, 0.2) is 0 Å². The number of hydrazone groups is 1. The number of carboxylic acid groups (broad SMARTS) is 1. The SMILES string of the molecule is O=C1CC(c2ccccc2C(=O)O)=NN1. The minimum Gasteiger partial charge on any atom is -0.478 e. The second-order valence-corrected chi connectivity index (χ2v) is 3.12. The summed E-state index contributed by atoms with van der Waals surface area (Å²) in [5.41, 5.74) is 3.41. The first-order valence-electron chi connectivity index (χ1n) is 4.36. The van der Waals surface area contributed by atoms with Gasteiger partial charge in [-0.2, -0.15) is 5.10 Å². The van der Waals surface area contributed by atoms with Gasteiger partial charge in [0.2, 0.25) is 5.91 Å². The quantitative estimate of drug-likeness (QED) is 0.740. The van der Waals surface area contributed by atoms with Gasteiger partial charge in [-0.3, -0.25) is 4.79 Å². The molecule has 0 saturated carbocycles. The highest BCUT2D eigenvalue weighted by Crippen LogP contribution is 2.14. The molecule has 76 valence electrons. The molecule has 1 aromatic rings. The second kappa shape index (κ2) is 3.53. The summed E-state index contributed by atoms with van der Waals surface area (Å²) < 4.78 is 0. The molecule has 0 spiro atoms. The van der Waals surface area contributed by atoms with Crippen LogP contribution in [0.3, 0.4) is 0 Å². The van der Waals surface area contributed by atoms with Crippen molar-refractivity contribution in [2.45, 2.75) is 6.42 Å². The zero-order valence-corrected chi connectivity index (χ0v) is 7.73. The van der Waals surface area contributed by atoms with Gasteiger partial charge in [-0.1, -0.05) is 18.2 Å². The smallest absolute Gasteiger partial charge is 0.336 e. The van der Waals surface area contributed by atoms with Crippen LogP contribution in [-0.2, 0) is 4.79 Å². The molecule has 5 heteroatoms. The third kappa shape index (κ3) is 1.71. The Labute approximate surface area is 85.4 Å². The summed E-state index contributed by atoms with van der Waals surface area (Å²) in [7, 11) is 0. The number of amides is 1. The maximum atomic E-state index is 10.9. The van der Waals surface area contributed by atoms with Gasteiger partial charge in [-0.05, 0) is 6.07 Å². The Balaban J connectivity index is 2.44. The first-order valence-corrected chi connectivity index (χ1v) is 4.36. The Morgan fingerprint density at radius 1 is 1.40 bits per heavy atom. The van der Waals surface area contributed by atoms with Crippen molar-refractivity contribution in [2.75, 3.05) is 0 Å². The summed E-state index contributed by atoms with van der Waals surface area (Å²) >= 11 is 0. The fraction of sp³-hybridized carbons (Fsp3) is 0.100. The predicted molar refractivity (Wildman–Crippen MR) is 52.7 cm³/mol. The molecule has 1 aliphatic rings. The van der Waals surface area contributed by atoms with E-state index in [4.69, 9.17) is 5.11 Å². The van der Waals surface area contributed by atoms with E-state index in [0.717, 1.165) is 0 Å².